The Morgan fingerprint density at radius 3 is 1.06 bits per heavy atom. The Balaban J connectivity index is 1.20. The van der Waals surface area contributed by atoms with Crippen LogP contribution >= 0.6 is 0 Å². The van der Waals surface area contributed by atoms with Gasteiger partial charge in [-0.1, -0.05) is 36.4 Å². The van der Waals surface area contributed by atoms with E-state index in [0.717, 1.165) is 99.6 Å². The Labute approximate surface area is 266 Å². The molecule has 0 saturated heterocycles. The molecule has 12 rings (SSSR count). The van der Waals surface area contributed by atoms with Crippen LogP contribution in [-0.4, -0.2) is 4.57 Å². The molecule has 0 unspecified atom stereocenters. The number of benzene rings is 7. The quantitative estimate of drug-likeness (QED) is 0.201. The molecule has 5 heteroatoms. The Bertz CT molecular complexity index is 2920. The van der Waals surface area contributed by atoms with Crippen LogP contribution in [0.25, 0.3) is 93.3 Å². The molecule has 0 atom stereocenters. The first kappa shape index (κ1) is 23.9. The maximum absolute atomic E-state index is 6.55. The van der Waals surface area contributed by atoms with E-state index in [4.69, 9.17) is 13.3 Å². The molecule has 0 N–H and O–H groups in total. The second-order valence-corrected chi connectivity index (χ2v) is 12.5. The lowest BCUT2D eigenvalue weighted by Crippen LogP contribution is -2.09. The van der Waals surface area contributed by atoms with Gasteiger partial charge in [0.1, 0.15) is 33.5 Å². The summed E-state index contributed by atoms with van der Waals surface area (Å²) in [6.07, 6.45) is 0. The van der Waals surface area contributed by atoms with Crippen molar-refractivity contribution in [2.24, 2.45) is 0 Å². The van der Waals surface area contributed by atoms with Crippen LogP contribution in [0.2, 0.25) is 0 Å². The molecule has 12 aromatic rings. The Morgan fingerprint density at radius 2 is 0.660 bits per heavy atom. The lowest BCUT2D eigenvalue weighted by atomic mass is 9.95. The first-order valence-electron chi connectivity index (χ1n) is 15.9. The zero-order chi connectivity index (χ0) is 30.4. The zero-order valence-corrected chi connectivity index (χ0v) is 24.8. The largest absolute Gasteiger partial charge is 0.456 e. The molecule has 5 nitrogen and oxygen atoms in total. The molecule has 0 bridgehead atoms. The molecule has 0 saturated carbocycles. The van der Waals surface area contributed by atoms with Gasteiger partial charge in [0.15, 0.2) is 0 Å². The molecule has 0 fully saturated rings. The number of hydrogen-bond donors (Lipinski definition) is 0. The van der Waals surface area contributed by atoms with E-state index < -0.39 is 0 Å². The van der Waals surface area contributed by atoms with Crippen molar-refractivity contribution in [3.05, 3.63) is 133 Å². The summed E-state index contributed by atoms with van der Waals surface area (Å²) in [6, 6.07) is 46.7. The van der Waals surface area contributed by atoms with Crippen LogP contribution in [0.15, 0.2) is 147 Å². The molecule has 0 spiro atoms. The van der Waals surface area contributed by atoms with E-state index in [0.29, 0.717) is 0 Å². The average molecular weight is 603 g/mol. The van der Waals surface area contributed by atoms with Crippen molar-refractivity contribution in [3.63, 3.8) is 0 Å². The van der Waals surface area contributed by atoms with Gasteiger partial charge in [0.05, 0.1) is 11.0 Å². The van der Waals surface area contributed by atoms with Crippen molar-refractivity contribution >= 4 is 105 Å². The summed E-state index contributed by atoms with van der Waals surface area (Å²) in [6.45, 7) is 0. The maximum Gasteiger partial charge on any atom is 0.136 e. The Morgan fingerprint density at radius 1 is 0.319 bits per heavy atom. The van der Waals surface area contributed by atoms with Gasteiger partial charge < -0.3 is 22.7 Å². The van der Waals surface area contributed by atoms with E-state index in [-0.39, 0.29) is 0 Å². The van der Waals surface area contributed by atoms with Gasteiger partial charge in [-0.3, -0.25) is 0 Å². The minimum atomic E-state index is 0.862. The van der Waals surface area contributed by atoms with Crippen molar-refractivity contribution < 1.29 is 13.3 Å². The summed E-state index contributed by atoms with van der Waals surface area (Å²) in [5.41, 5.74) is 11.9. The number of rotatable bonds is 4. The Hall–Kier alpha value is -6.46. The highest BCUT2D eigenvalue weighted by Crippen LogP contribution is 2.52. The fraction of sp³-hybridized carbons (Fsp3) is 0. The third-order valence-electron chi connectivity index (χ3n) is 10.1. The number of aromatic nitrogens is 1. The molecule has 8 aromatic carbocycles. The summed E-state index contributed by atoms with van der Waals surface area (Å²) in [5, 5.41) is 9.02. The third-order valence-corrected chi connectivity index (χ3v) is 10.1. The lowest BCUT2D eigenvalue weighted by Gasteiger charge is -2.25. The summed E-state index contributed by atoms with van der Waals surface area (Å²) in [5.74, 6) is 0. The van der Waals surface area contributed by atoms with Gasteiger partial charge in [-0.15, -0.1) is 0 Å². The average Bonchev–Trinajstić information content (AvgIpc) is 3.86. The van der Waals surface area contributed by atoms with E-state index >= 15 is 0 Å². The van der Waals surface area contributed by atoms with Gasteiger partial charge in [-0.2, -0.15) is 0 Å². The normalized spacial score (nSPS) is 12.7. The van der Waals surface area contributed by atoms with Crippen LogP contribution in [-0.2, 0) is 0 Å². The van der Waals surface area contributed by atoms with Gasteiger partial charge in [0, 0.05) is 65.8 Å². The monoisotopic (exact) mass is 602 g/mol. The predicted molar refractivity (Wildman–Crippen MR) is 191 cm³/mol. The fourth-order valence-corrected chi connectivity index (χ4v) is 8.27. The van der Waals surface area contributed by atoms with E-state index in [2.05, 4.69) is 119 Å². The molecule has 0 aliphatic rings. The van der Waals surface area contributed by atoms with Gasteiger partial charge in [-0.05, 0) is 97.1 Å². The summed E-state index contributed by atoms with van der Waals surface area (Å²) < 4.78 is 22.0. The van der Waals surface area contributed by atoms with Gasteiger partial charge >= 0.3 is 0 Å². The molecular formula is C42H22N2O3. The van der Waals surface area contributed by atoms with E-state index in [9.17, 15) is 0 Å². The van der Waals surface area contributed by atoms with Gasteiger partial charge in [0.2, 0.25) is 0 Å². The SMILES string of the molecule is c1ccc(N(c2ccccc2)c2ccc(-n3c4ccc5oc6ccc7oc8ccc9oc%10ccc3c3c%10c9c8c7c6c5c34)cc2)cc1. The zero-order valence-electron chi connectivity index (χ0n) is 24.8. The predicted octanol–water partition coefficient (Wildman–Crippen LogP) is 12.3. The summed E-state index contributed by atoms with van der Waals surface area (Å²) in [7, 11) is 0. The maximum atomic E-state index is 6.55. The van der Waals surface area contributed by atoms with Crippen molar-refractivity contribution in [3.8, 4) is 5.69 Å². The number of para-hydroxylation sites is 2. The lowest BCUT2D eigenvalue weighted by molar-refractivity contribution is 0.661. The molecule has 0 radical (unpaired) electrons. The van der Waals surface area contributed by atoms with Crippen LogP contribution in [0, 0.1) is 0 Å². The van der Waals surface area contributed by atoms with Gasteiger partial charge in [-0.25, -0.2) is 0 Å². The summed E-state index contributed by atoms with van der Waals surface area (Å²) in [4.78, 5) is 2.29. The molecule has 218 valence electrons. The Kier molecular flexibility index (Phi) is 4.17. The number of nitrogens with zero attached hydrogens (tertiary/aromatic N) is 2. The van der Waals surface area contributed by atoms with Crippen molar-refractivity contribution in [2.45, 2.75) is 0 Å². The highest BCUT2D eigenvalue weighted by molar-refractivity contribution is 6.44. The van der Waals surface area contributed by atoms with E-state index in [1.807, 2.05) is 24.3 Å². The molecule has 4 heterocycles. The van der Waals surface area contributed by atoms with Gasteiger partial charge in [0.25, 0.3) is 0 Å². The third kappa shape index (κ3) is 2.86. The molecule has 47 heavy (non-hydrogen) atoms. The molecule has 0 aliphatic carbocycles. The van der Waals surface area contributed by atoms with Crippen LogP contribution in [0.3, 0.4) is 0 Å². The number of hydrogen-bond acceptors (Lipinski definition) is 4. The molecule has 4 aromatic heterocycles. The highest BCUT2D eigenvalue weighted by atomic mass is 16.3. The van der Waals surface area contributed by atoms with E-state index in [1.54, 1.807) is 0 Å². The summed E-state index contributed by atoms with van der Waals surface area (Å²) >= 11 is 0. The van der Waals surface area contributed by atoms with Crippen molar-refractivity contribution in [1.29, 1.82) is 0 Å². The highest BCUT2D eigenvalue weighted by Gasteiger charge is 2.28. The van der Waals surface area contributed by atoms with Crippen LogP contribution in [0.4, 0.5) is 17.1 Å². The van der Waals surface area contributed by atoms with Crippen molar-refractivity contribution in [2.75, 3.05) is 4.90 Å². The van der Waals surface area contributed by atoms with Crippen LogP contribution in [0.5, 0.6) is 0 Å². The van der Waals surface area contributed by atoms with E-state index in [1.165, 1.54) is 10.8 Å². The standard InChI is InChI=1S/C42H22N2O3/c1-3-7-23(8-4-1)43(24-9-5-2-6-10-24)25-11-13-26(14-12-25)44-27-15-17-29-37-35(27)36-28(44)16-18-30-38(36)40-32(46-30)20-22-34-42(40)41-33(47-34)21-19-31(45-29)39(37)41/h1-22H. The minimum Gasteiger partial charge on any atom is -0.456 e. The number of anilines is 3. The smallest absolute Gasteiger partial charge is 0.136 e. The van der Waals surface area contributed by atoms with Crippen LogP contribution in [0.1, 0.15) is 0 Å². The van der Waals surface area contributed by atoms with Crippen LogP contribution < -0.4 is 4.90 Å². The van der Waals surface area contributed by atoms with Crippen molar-refractivity contribution in [1.82, 2.24) is 4.57 Å². The second kappa shape index (κ2) is 8.22. The minimum absolute atomic E-state index is 0.862. The number of furan rings is 3. The molecular weight excluding hydrogens is 580 g/mol. The second-order valence-electron chi connectivity index (χ2n) is 12.5. The molecule has 0 aliphatic heterocycles. The fourth-order valence-electron chi connectivity index (χ4n) is 8.27. The first-order chi connectivity index (χ1) is 23.3. The topological polar surface area (TPSA) is 47.6 Å². The first-order valence-corrected chi connectivity index (χ1v) is 15.9. The molecule has 0 amide bonds.